The van der Waals surface area contributed by atoms with Gasteiger partial charge in [0, 0.05) is 56.0 Å². The summed E-state index contributed by atoms with van der Waals surface area (Å²) in [5, 5.41) is 2.23. The van der Waals surface area contributed by atoms with Crippen LogP contribution in [0.4, 0.5) is 51.2 Å². The van der Waals surface area contributed by atoms with E-state index >= 15 is 0 Å². The minimum atomic E-state index is -0.112. The highest BCUT2D eigenvalue weighted by atomic mass is 16.3. The summed E-state index contributed by atoms with van der Waals surface area (Å²) in [5.41, 5.74) is 24.1. The van der Waals surface area contributed by atoms with Crippen molar-refractivity contribution in [3.63, 3.8) is 0 Å². The number of benzene rings is 9. The first kappa shape index (κ1) is 43.5. The molecule has 12 rings (SSSR count). The Morgan fingerprint density at radius 3 is 1.81 bits per heavy atom. The van der Waals surface area contributed by atoms with Crippen molar-refractivity contribution in [3.05, 3.63) is 216 Å². The molecule has 9 aromatic carbocycles. The maximum atomic E-state index is 7.24. The first-order chi connectivity index (χ1) is 33.7. The molecule has 0 aliphatic carbocycles. The Bertz CT molecular complexity index is 3690. The molecule has 3 heterocycles. The number of nitrogens with zero attached hydrogens (tertiary/aromatic N) is 3. The van der Waals surface area contributed by atoms with Gasteiger partial charge in [-0.1, -0.05) is 186 Å². The van der Waals surface area contributed by atoms with Gasteiger partial charge >= 0.3 is 0 Å². The molecule has 5 heteroatoms. The standard InChI is InChI=1S/C65H58BN3O/c1-41-29-33-46(34-30-41)67-56-35-31-42(2)37-52(56)66-53-38-45(64(4,5)6)32-36-57(53)69(55-27-16-14-22-48(55)44-20-11-10-12-21-44)60-40-47(39-59(67)61(60)66)68(54-26-15-13-19-43(54)3)58-28-18-24-50-49-23-17-25-51(65(7,8)9)62(49)70-63(50)58/h10-40H,1-9H3. The lowest BCUT2D eigenvalue weighted by atomic mass is 9.33. The fourth-order valence-corrected chi connectivity index (χ4v) is 11.3. The van der Waals surface area contributed by atoms with Crippen LogP contribution in [0.2, 0.25) is 0 Å². The van der Waals surface area contributed by atoms with Crippen LogP contribution in [0.5, 0.6) is 0 Å². The SMILES string of the molecule is Cc1ccc(N2c3ccc(C)cc3B3c4cc(C(C)(C)C)ccc4N(c4ccccc4-c4ccccc4)c4cc(N(c5ccccc5C)c5cccc6c5oc5c(C(C)(C)C)cccc56)cc2c43)cc1. The highest BCUT2D eigenvalue weighted by molar-refractivity contribution is 7.00. The number of rotatable bonds is 6. The molecule has 0 unspecified atom stereocenters. The molecule has 0 saturated carbocycles. The van der Waals surface area contributed by atoms with Crippen molar-refractivity contribution in [2.24, 2.45) is 0 Å². The Morgan fingerprint density at radius 2 is 1.07 bits per heavy atom. The second-order valence-electron chi connectivity index (χ2n) is 21.6. The normalized spacial score (nSPS) is 13.1. The molecule has 2 aliphatic heterocycles. The highest BCUT2D eigenvalue weighted by Crippen LogP contribution is 2.51. The lowest BCUT2D eigenvalue weighted by Crippen LogP contribution is -2.61. The molecule has 0 fully saturated rings. The summed E-state index contributed by atoms with van der Waals surface area (Å²) in [5.74, 6) is 0. The van der Waals surface area contributed by atoms with Crippen molar-refractivity contribution in [2.75, 3.05) is 14.7 Å². The van der Waals surface area contributed by atoms with Crippen LogP contribution in [0.25, 0.3) is 33.1 Å². The number of fused-ring (bicyclic) bond motifs is 7. The van der Waals surface area contributed by atoms with Gasteiger partial charge in [0.1, 0.15) is 5.58 Å². The van der Waals surface area contributed by atoms with Crippen LogP contribution < -0.4 is 31.1 Å². The maximum absolute atomic E-state index is 7.24. The summed E-state index contributed by atoms with van der Waals surface area (Å²) in [7, 11) is 0. The number of aryl methyl sites for hydroxylation is 3. The van der Waals surface area contributed by atoms with E-state index in [9.17, 15) is 0 Å². The van der Waals surface area contributed by atoms with Crippen molar-refractivity contribution in [2.45, 2.75) is 73.1 Å². The van der Waals surface area contributed by atoms with E-state index in [0.717, 1.165) is 67.3 Å². The molecule has 70 heavy (non-hydrogen) atoms. The van der Waals surface area contributed by atoms with Crippen molar-refractivity contribution in [1.29, 1.82) is 0 Å². The molecule has 0 radical (unpaired) electrons. The van der Waals surface area contributed by atoms with E-state index in [-0.39, 0.29) is 17.5 Å². The zero-order valence-corrected chi connectivity index (χ0v) is 41.7. The summed E-state index contributed by atoms with van der Waals surface area (Å²) >= 11 is 0. The Labute approximate surface area is 413 Å². The predicted octanol–water partition coefficient (Wildman–Crippen LogP) is 16.3. The molecule has 0 N–H and O–H groups in total. The van der Waals surface area contributed by atoms with E-state index in [2.05, 4.69) is 265 Å². The highest BCUT2D eigenvalue weighted by Gasteiger charge is 2.45. The van der Waals surface area contributed by atoms with E-state index in [1.165, 1.54) is 61.1 Å². The van der Waals surface area contributed by atoms with Crippen molar-refractivity contribution >= 4 is 96.2 Å². The number of para-hydroxylation sites is 4. The molecule has 10 aromatic rings. The quantitative estimate of drug-likeness (QED) is 0.155. The van der Waals surface area contributed by atoms with Crippen LogP contribution in [0.1, 0.15) is 69.4 Å². The number of hydrogen-bond acceptors (Lipinski definition) is 4. The van der Waals surface area contributed by atoms with Crippen LogP contribution in [0.15, 0.2) is 192 Å². The van der Waals surface area contributed by atoms with Crippen LogP contribution in [-0.4, -0.2) is 6.71 Å². The minimum Gasteiger partial charge on any atom is -0.454 e. The van der Waals surface area contributed by atoms with Crippen LogP contribution in [0, 0.1) is 20.8 Å². The maximum Gasteiger partial charge on any atom is 0.252 e. The average molecular weight is 908 g/mol. The molecule has 1 aromatic heterocycles. The van der Waals surface area contributed by atoms with Gasteiger partial charge in [0.2, 0.25) is 0 Å². The van der Waals surface area contributed by atoms with E-state index < -0.39 is 0 Å². The molecular formula is C65H58BN3O. The third-order valence-electron chi connectivity index (χ3n) is 14.8. The zero-order valence-electron chi connectivity index (χ0n) is 41.7. The number of furan rings is 1. The van der Waals surface area contributed by atoms with Gasteiger partial charge in [-0.15, -0.1) is 0 Å². The molecule has 342 valence electrons. The Hall–Kier alpha value is -7.76. The fraction of sp³-hybridized carbons (Fsp3) is 0.169. The van der Waals surface area contributed by atoms with E-state index in [4.69, 9.17) is 4.42 Å². The Kier molecular flexibility index (Phi) is 10.1. The average Bonchev–Trinajstić information content (AvgIpc) is 3.74. The monoisotopic (exact) mass is 907 g/mol. The molecule has 0 atom stereocenters. The Balaban J connectivity index is 1.24. The van der Waals surface area contributed by atoms with Gasteiger partial charge in [-0.3, -0.25) is 0 Å². The van der Waals surface area contributed by atoms with Gasteiger partial charge in [0.05, 0.1) is 17.1 Å². The van der Waals surface area contributed by atoms with Crippen LogP contribution in [-0.2, 0) is 10.8 Å². The minimum absolute atomic E-state index is 0.0466. The van der Waals surface area contributed by atoms with E-state index in [1.54, 1.807) is 0 Å². The summed E-state index contributed by atoms with van der Waals surface area (Å²) in [4.78, 5) is 7.56. The molecule has 0 spiro atoms. The molecular weight excluding hydrogens is 850 g/mol. The number of hydrogen-bond donors (Lipinski definition) is 0. The van der Waals surface area contributed by atoms with Gasteiger partial charge in [0.15, 0.2) is 5.58 Å². The van der Waals surface area contributed by atoms with Gasteiger partial charge in [-0.25, -0.2) is 0 Å². The molecule has 4 nitrogen and oxygen atoms in total. The zero-order chi connectivity index (χ0) is 48.2. The molecule has 2 aliphatic rings. The van der Waals surface area contributed by atoms with Crippen LogP contribution in [0.3, 0.4) is 0 Å². The lowest BCUT2D eigenvalue weighted by Gasteiger charge is -2.45. The third kappa shape index (κ3) is 6.96. The first-order valence-corrected chi connectivity index (χ1v) is 24.8. The smallest absolute Gasteiger partial charge is 0.252 e. The summed E-state index contributed by atoms with van der Waals surface area (Å²) in [6.45, 7) is 20.4. The Morgan fingerprint density at radius 1 is 0.457 bits per heavy atom. The summed E-state index contributed by atoms with van der Waals surface area (Å²) in [6, 6.07) is 70.2. The summed E-state index contributed by atoms with van der Waals surface area (Å²) < 4.78 is 7.24. The van der Waals surface area contributed by atoms with Crippen molar-refractivity contribution in [1.82, 2.24) is 0 Å². The topological polar surface area (TPSA) is 22.9 Å². The largest absolute Gasteiger partial charge is 0.454 e. The van der Waals surface area contributed by atoms with Gasteiger partial charge in [-0.05, 0) is 119 Å². The first-order valence-electron chi connectivity index (χ1n) is 24.8. The van der Waals surface area contributed by atoms with Crippen molar-refractivity contribution in [3.8, 4) is 11.1 Å². The predicted molar refractivity (Wildman–Crippen MR) is 299 cm³/mol. The molecule has 0 amide bonds. The van der Waals surface area contributed by atoms with E-state index in [0.29, 0.717) is 0 Å². The van der Waals surface area contributed by atoms with Gasteiger partial charge in [0.25, 0.3) is 6.71 Å². The van der Waals surface area contributed by atoms with Gasteiger partial charge < -0.3 is 19.1 Å². The molecule has 0 saturated heterocycles. The van der Waals surface area contributed by atoms with Crippen molar-refractivity contribution < 1.29 is 4.42 Å². The van der Waals surface area contributed by atoms with Gasteiger partial charge in [-0.2, -0.15) is 0 Å². The second kappa shape index (κ2) is 16.2. The summed E-state index contributed by atoms with van der Waals surface area (Å²) in [6.07, 6.45) is 0. The number of anilines is 9. The van der Waals surface area contributed by atoms with Crippen LogP contribution >= 0.6 is 0 Å². The van der Waals surface area contributed by atoms with E-state index in [1.807, 2.05) is 0 Å². The third-order valence-corrected chi connectivity index (χ3v) is 14.8. The second-order valence-corrected chi connectivity index (χ2v) is 21.6. The lowest BCUT2D eigenvalue weighted by molar-refractivity contribution is 0.573. The fourth-order valence-electron chi connectivity index (χ4n) is 11.3. The molecule has 0 bridgehead atoms.